The van der Waals surface area contributed by atoms with E-state index in [0.29, 0.717) is 0 Å². The number of benzene rings is 1. The molecule has 0 unspecified atom stereocenters. The molecule has 1 rings (SSSR count). The van der Waals surface area contributed by atoms with Crippen LogP contribution < -0.4 is 16.0 Å². The molecule has 1 aromatic carbocycles. The molecule has 0 spiro atoms. The third-order valence-corrected chi connectivity index (χ3v) is 2.27. The van der Waals surface area contributed by atoms with E-state index in [1.54, 1.807) is 0 Å². The fourth-order valence-electron chi connectivity index (χ4n) is 1.40. The first-order chi connectivity index (χ1) is 6.77. The maximum absolute atomic E-state index is 5.64. The van der Waals surface area contributed by atoms with Crippen molar-refractivity contribution in [3.8, 4) is 0 Å². The number of anilines is 2. The standard InChI is InChI=1S/C11H19N3/c1-3-14(9-8-13-2)11-6-4-10(12)5-7-11/h4-7,13H,3,8-9,12H2,1-2H3. The summed E-state index contributed by atoms with van der Waals surface area (Å²) >= 11 is 0. The Morgan fingerprint density at radius 2 is 1.93 bits per heavy atom. The van der Waals surface area contributed by atoms with Crippen molar-refractivity contribution in [2.24, 2.45) is 0 Å². The van der Waals surface area contributed by atoms with E-state index < -0.39 is 0 Å². The van der Waals surface area contributed by atoms with Crippen LogP contribution in [0.4, 0.5) is 11.4 Å². The maximum atomic E-state index is 5.64. The molecule has 0 radical (unpaired) electrons. The number of nitrogen functional groups attached to an aromatic ring is 1. The van der Waals surface area contributed by atoms with Crippen LogP contribution in [0.3, 0.4) is 0 Å². The van der Waals surface area contributed by atoms with Crippen LogP contribution in [-0.4, -0.2) is 26.7 Å². The van der Waals surface area contributed by atoms with Gasteiger partial charge >= 0.3 is 0 Å². The Morgan fingerprint density at radius 3 is 2.43 bits per heavy atom. The fraction of sp³-hybridized carbons (Fsp3) is 0.455. The zero-order chi connectivity index (χ0) is 10.4. The summed E-state index contributed by atoms with van der Waals surface area (Å²) in [5.41, 5.74) is 7.69. The van der Waals surface area contributed by atoms with Crippen molar-refractivity contribution < 1.29 is 0 Å². The van der Waals surface area contributed by atoms with Gasteiger partial charge in [-0.05, 0) is 38.2 Å². The van der Waals surface area contributed by atoms with Crippen molar-refractivity contribution >= 4 is 11.4 Å². The van der Waals surface area contributed by atoms with Gasteiger partial charge in [-0.1, -0.05) is 0 Å². The van der Waals surface area contributed by atoms with Crippen LogP contribution in [0.1, 0.15) is 6.92 Å². The molecule has 3 heteroatoms. The molecule has 78 valence electrons. The number of likely N-dealkylation sites (N-methyl/N-ethyl adjacent to an activating group) is 2. The summed E-state index contributed by atoms with van der Waals surface area (Å²) in [5.74, 6) is 0. The lowest BCUT2D eigenvalue weighted by Crippen LogP contribution is -2.30. The molecule has 3 N–H and O–H groups in total. The molecule has 3 nitrogen and oxygen atoms in total. The number of nitrogens with zero attached hydrogens (tertiary/aromatic N) is 1. The van der Waals surface area contributed by atoms with E-state index in [2.05, 4.69) is 29.3 Å². The highest BCUT2D eigenvalue weighted by molar-refractivity contribution is 5.52. The van der Waals surface area contributed by atoms with Crippen LogP contribution >= 0.6 is 0 Å². The van der Waals surface area contributed by atoms with E-state index in [0.717, 1.165) is 25.3 Å². The molecular formula is C11H19N3. The summed E-state index contributed by atoms with van der Waals surface area (Å²) in [4.78, 5) is 2.32. The number of nitrogens with two attached hydrogens (primary N) is 1. The predicted octanol–water partition coefficient (Wildman–Crippen LogP) is 1.31. The lowest BCUT2D eigenvalue weighted by molar-refractivity contribution is 0.737. The first-order valence-electron chi connectivity index (χ1n) is 5.03. The van der Waals surface area contributed by atoms with Gasteiger partial charge in [-0.15, -0.1) is 0 Å². The average molecular weight is 193 g/mol. The second kappa shape index (κ2) is 5.50. The molecule has 0 fully saturated rings. The van der Waals surface area contributed by atoms with Gasteiger partial charge < -0.3 is 16.0 Å². The molecule has 0 saturated carbocycles. The van der Waals surface area contributed by atoms with Crippen LogP contribution in [0.25, 0.3) is 0 Å². The summed E-state index contributed by atoms with van der Waals surface area (Å²) in [6.45, 7) is 5.20. The Morgan fingerprint density at radius 1 is 1.29 bits per heavy atom. The van der Waals surface area contributed by atoms with Crippen LogP contribution in [0.5, 0.6) is 0 Å². The fourth-order valence-corrected chi connectivity index (χ4v) is 1.40. The largest absolute Gasteiger partial charge is 0.399 e. The zero-order valence-electron chi connectivity index (χ0n) is 8.96. The van der Waals surface area contributed by atoms with E-state index in [9.17, 15) is 0 Å². The SMILES string of the molecule is CCN(CCNC)c1ccc(N)cc1. The molecule has 0 aliphatic rings. The van der Waals surface area contributed by atoms with E-state index in [1.807, 2.05) is 19.2 Å². The van der Waals surface area contributed by atoms with Crippen molar-refractivity contribution in [1.82, 2.24) is 5.32 Å². The van der Waals surface area contributed by atoms with Gasteiger partial charge in [-0.2, -0.15) is 0 Å². The van der Waals surface area contributed by atoms with Crippen LogP contribution in [0, 0.1) is 0 Å². The van der Waals surface area contributed by atoms with Crippen LogP contribution in [-0.2, 0) is 0 Å². The normalized spacial score (nSPS) is 10.1. The van der Waals surface area contributed by atoms with Gasteiger partial charge in [0.15, 0.2) is 0 Å². The Bertz CT molecular complexity index is 256. The lowest BCUT2D eigenvalue weighted by Gasteiger charge is -2.22. The zero-order valence-corrected chi connectivity index (χ0v) is 8.96. The monoisotopic (exact) mass is 193 g/mol. The molecule has 1 aromatic rings. The summed E-state index contributed by atoms with van der Waals surface area (Å²) in [6, 6.07) is 8.01. The highest BCUT2D eigenvalue weighted by Gasteiger charge is 2.01. The van der Waals surface area contributed by atoms with Crippen LogP contribution in [0.15, 0.2) is 24.3 Å². The van der Waals surface area contributed by atoms with E-state index >= 15 is 0 Å². The average Bonchev–Trinajstić information content (AvgIpc) is 2.21. The summed E-state index contributed by atoms with van der Waals surface area (Å²) in [6.07, 6.45) is 0. The second-order valence-electron chi connectivity index (χ2n) is 3.27. The van der Waals surface area contributed by atoms with Gasteiger partial charge in [-0.25, -0.2) is 0 Å². The number of rotatable bonds is 5. The molecule has 0 aromatic heterocycles. The number of nitrogens with one attached hydrogen (secondary N) is 1. The van der Waals surface area contributed by atoms with Gasteiger partial charge in [-0.3, -0.25) is 0 Å². The third-order valence-electron chi connectivity index (χ3n) is 2.27. The molecular weight excluding hydrogens is 174 g/mol. The highest BCUT2D eigenvalue weighted by atomic mass is 15.1. The number of hydrogen-bond acceptors (Lipinski definition) is 3. The Balaban J connectivity index is 2.64. The minimum Gasteiger partial charge on any atom is -0.399 e. The molecule has 0 saturated heterocycles. The second-order valence-corrected chi connectivity index (χ2v) is 3.27. The molecule has 0 heterocycles. The van der Waals surface area contributed by atoms with Crippen molar-refractivity contribution in [3.63, 3.8) is 0 Å². The highest BCUT2D eigenvalue weighted by Crippen LogP contribution is 2.15. The topological polar surface area (TPSA) is 41.3 Å². The quantitative estimate of drug-likeness (QED) is 0.693. The maximum Gasteiger partial charge on any atom is 0.0368 e. The predicted molar refractivity (Wildman–Crippen MR) is 62.7 cm³/mol. The third kappa shape index (κ3) is 2.92. The molecule has 0 amide bonds. The van der Waals surface area contributed by atoms with E-state index in [-0.39, 0.29) is 0 Å². The molecule has 0 aliphatic carbocycles. The summed E-state index contributed by atoms with van der Waals surface area (Å²) in [7, 11) is 1.97. The Labute approximate surface area is 85.9 Å². The summed E-state index contributed by atoms with van der Waals surface area (Å²) in [5, 5.41) is 3.15. The first-order valence-corrected chi connectivity index (χ1v) is 5.03. The van der Waals surface area contributed by atoms with Gasteiger partial charge in [0.25, 0.3) is 0 Å². The van der Waals surface area contributed by atoms with E-state index in [4.69, 9.17) is 5.73 Å². The number of hydrogen-bond donors (Lipinski definition) is 2. The summed E-state index contributed by atoms with van der Waals surface area (Å²) < 4.78 is 0. The van der Waals surface area contributed by atoms with Crippen molar-refractivity contribution in [2.75, 3.05) is 37.3 Å². The minimum absolute atomic E-state index is 0.818. The first kappa shape index (κ1) is 10.9. The minimum atomic E-state index is 0.818. The van der Waals surface area contributed by atoms with Crippen molar-refractivity contribution in [2.45, 2.75) is 6.92 Å². The van der Waals surface area contributed by atoms with E-state index in [1.165, 1.54) is 5.69 Å². The van der Waals surface area contributed by atoms with Gasteiger partial charge in [0.2, 0.25) is 0 Å². The van der Waals surface area contributed by atoms with Gasteiger partial charge in [0.05, 0.1) is 0 Å². The van der Waals surface area contributed by atoms with Gasteiger partial charge in [0, 0.05) is 31.0 Å². The molecule has 0 bridgehead atoms. The van der Waals surface area contributed by atoms with Crippen LogP contribution in [0.2, 0.25) is 0 Å². The van der Waals surface area contributed by atoms with Crippen molar-refractivity contribution in [1.29, 1.82) is 0 Å². The Kier molecular flexibility index (Phi) is 4.26. The molecule has 0 aliphatic heterocycles. The lowest BCUT2D eigenvalue weighted by atomic mass is 10.2. The molecule has 0 atom stereocenters. The Hall–Kier alpha value is -1.22. The van der Waals surface area contributed by atoms with Gasteiger partial charge in [0.1, 0.15) is 0 Å². The molecule has 14 heavy (non-hydrogen) atoms. The van der Waals surface area contributed by atoms with Crippen molar-refractivity contribution in [3.05, 3.63) is 24.3 Å². The smallest absolute Gasteiger partial charge is 0.0368 e.